The average Bonchev–Trinajstić information content (AvgIpc) is 3.11. The Labute approximate surface area is 166 Å². The highest BCUT2D eigenvalue weighted by Crippen LogP contribution is 2.18. The normalized spacial score (nSPS) is 12.0. The molecule has 1 aromatic heterocycles. The van der Waals surface area contributed by atoms with Crippen molar-refractivity contribution in [2.24, 2.45) is 0 Å². The molecule has 3 rings (SSSR count). The maximum atomic E-state index is 13.4. The van der Waals surface area contributed by atoms with Gasteiger partial charge >= 0.3 is 0 Å². The topological polar surface area (TPSA) is 54.0 Å². The lowest BCUT2D eigenvalue weighted by Gasteiger charge is -2.13. The standard InChI is InChI=1S/C21H21F2N3OS/c1-13-3-6-16(7-4-13)25-20(27)10-21-26-17(12-28-21)11-24-14(2)15-5-8-18(22)19(23)9-15/h3-9,12,14,24H,10-11H2,1-2H3,(H,25,27)/t14-/m0/s1. The number of rotatable bonds is 7. The lowest BCUT2D eigenvalue weighted by molar-refractivity contribution is -0.115. The fourth-order valence-corrected chi connectivity index (χ4v) is 3.44. The van der Waals surface area contributed by atoms with E-state index in [4.69, 9.17) is 0 Å². The number of aromatic nitrogens is 1. The Kier molecular flexibility index (Phi) is 6.49. The summed E-state index contributed by atoms with van der Waals surface area (Å²) in [6.07, 6.45) is 0.206. The van der Waals surface area contributed by atoms with E-state index in [1.165, 1.54) is 17.4 Å². The van der Waals surface area contributed by atoms with Crippen LogP contribution in [0, 0.1) is 18.6 Å². The Bertz CT molecular complexity index is 957. The van der Waals surface area contributed by atoms with Gasteiger partial charge < -0.3 is 10.6 Å². The predicted octanol–water partition coefficient (Wildman–Crippen LogP) is 4.76. The Morgan fingerprint density at radius 2 is 1.89 bits per heavy atom. The molecular weight excluding hydrogens is 380 g/mol. The van der Waals surface area contributed by atoms with E-state index in [1.54, 1.807) is 6.07 Å². The van der Waals surface area contributed by atoms with Gasteiger partial charge in [0.2, 0.25) is 5.91 Å². The van der Waals surface area contributed by atoms with E-state index >= 15 is 0 Å². The minimum absolute atomic E-state index is 0.118. The van der Waals surface area contributed by atoms with Crippen molar-refractivity contribution in [3.05, 3.63) is 81.3 Å². The van der Waals surface area contributed by atoms with Crippen LogP contribution in [0.3, 0.4) is 0 Å². The smallest absolute Gasteiger partial charge is 0.231 e. The number of thiazole rings is 1. The van der Waals surface area contributed by atoms with Crippen LogP contribution < -0.4 is 10.6 Å². The van der Waals surface area contributed by atoms with E-state index in [-0.39, 0.29) is 18.4 Å². The van der Waals surface area contributed by atoms with E-state index in [0.717, 1.165) is 28.0 Å². The number of hydrogen-bond donors (Lipinski definition) is 2. The summed E-state index contributed by atoms with van der Waals surface area (Å²) < 4.78 is 26.4. The molecular formula is C21H21F2N3OS. The van der Waals surface area contributed by atoms with Gasteiger partial charge in [0.1, 0.15) is 5.01 Å². The largest absolute Gasteiger partial charge is 0.326 e. The fraction of sp³-hybridized carbons (Fsp3) is 0.238. The van der Waals surface area contributed by atoms with E-state index in [0.29, 0.717) is 12.1 Å². The second-order valence-corrected chi connectivity index (χ2v) is 7.54. The predicted molar refractivity (Wildman–Crippen MR) is 107 cm³/mol. The highest BCUT2D eigenvalue weighted by atomic mass is 32.1. The van der Waals surface area contributed by atoms with Gasteiger partial charge in [-0.05, 0) is 43.7 Å². The van der Waals surface area contributed by atoms with Gasteiger partial charge in [-0.25, -0.2) is 13.8 Å². The molecule has 0 saturated carbocycles. The van der Waals surface area contributed by atoms with Gasteiger partial charge in [-0.3, -0.25) is 4.79 Å². The van der Waals surface area contributed by atoms with Gasteiger partial charge in [0, 0.05) is 23.7 Å². The second-order valence-electron chi connectivity index (χ2n) is 6.60. The van der Waals surface area contributed by atoms with Gasteiger partial charge in [0.15, 0.2) is 11.6 Å². The van der Waals surface area contributed by atoms with Crippen LogP contribution in [0.4, 0.5) is 14.5 Å². The molecule has 4 nitrogen and oxygen atoms in total. The molecule has 2 N–H and O–H groups in total. The molecule has 0 radical (unpaired) electrons. The monoisotopic (exact) mass is 401 g/mol. The molecule has 3 aromatic rings. The molecule has 0 fully saturated rings. The zero-order valence-corrected chi connectivity index (χ0v) is 16.4. The number of nitrogens with zero attached hydrogens (tertiary/aromatic N) is 1. The summed E-state index contributed by atoms with van der Waals surface area (Å²) in [5.74, 6) is -1.83. The van der Waals surface area contributed by atoms with Crippen molar-refractivity contribution in [3.8, 4) is 0 Å². The van der Waals surface area contributed by atoms with Crippen LogP contribution in [0.5, 0.6) is 0 Å². The van der Waals surface area contributed by atoms with Crippen LogP contribution in [0.25, 0.3) is 0 Å². The zero-order valence-electron chi connectivity index (χ0n) is 15.6. The Hall–Kier alpha value is -2.64. The second kappa shape index (κ2) is 9.03. The number of aryl methyl sites for hydroxylation is 1. The first-order valence-corrected chi connectivity index (χ1v) is 9.77. The first kappa shape index (κ1) is 20.1. The number of anilines is 1. The molecule has 28 heavy (non-hydrogen) atoms. The number of benzene rings is 2. The summed E-state index contributed by atoms with van der Waals surface area (Å²) in [4.78, 5) is 16.6. The Balaban J connectivity index is 1.51. The lowest BCUT2D eigenvalue weighted by atomic mass is 10.1. The van der Waals surface area contributed by atoms with E-state index in [2.05, 4.69) is 15.6 Å². The molecule has 7 heteroatoms. The molecule has 0 aliphatic heterocycles. The van der Waals surface area contributed by atoms with Gasteiger partial charge in [-0.1, -0.05) is 23.8 Å². The quantitative estimate of drug-likeness (QED) is 0.600. The van der Waals surface area contributed by atoms with Gasteiger partial charge in [-0.2, -0.15) is 0 Å². The molecule has 0 saturated heterocycles. The van der Waals surface area contributed by atoms with Crippen molar-refractivity contribution < 1.29 is 13.6 Å². The number of hydrogen-bond acceptors (Lipinski definition) is 4. The van der Waals surface area contributed by atoms with Crippen molar-refractivity contribution >= 4 is 22.9 Å². The van der Waals surface area contributed by atoms with E-state index < -0.39 is 11.6 Å². The zero-order chi connectivity index (χ0) is 20.1. The molecule has 0 aliphatic rings. The average molecular weight is 401 g/mol. The van der Waals surface area contributed by atoms with Crippen molar-refractivity contribution in [3.63, 3.8) is 0 Å². The van der Waals surface area contributed by atoms with E-state index in [9.17, 15) is 13.6 Å². The third-order valence-electron chi connectivity index (χ3n) is 4.28. The van der Waals surface area contributed by atoms with Crippen molar-refractivity contribution in [1.82, 2.24) is 10.3 Å². The van der Waals surface area contributed by atoms with Crippen molar-refractivity contribution in [2.75, 3.05) is 5.32 Å². The van der Waals surface area contributed by atoms with E-state index in [1.807, 2.05) is 43.5 Å². The molecule has 0 spiro atoms. The first-order chi connectivity index (χ1) is 13.4. The maximum absolute atomic E-state index is 13.4. The molecule has 1 atom stereocenters. The highest BCUT2D eigenvalue weighted by molar-refractivity contribution is 7.09. The SMILES string of the molecule is Cc1ccc(NC(=O)Cc2nc(CN[C@@H](C)c3ccc(F)c(F)c3)cs2)cc1. The van der Waals surface area contributed by atoms with Gasteiger partial charge in [0.25, 0.3) is 0 Å². The van der Waals surface area contributed by atoms with Crippen molar-refractivity contribution in [2.45, 2.75) is 32.9 Å². The maximum Gasteiger partial charge on any atom is 0.231 e. The number of amides is 1. The number of carbonyl (C=O) groups excluding carboxylic acids is 1. The summed E-state index contributed by atoms with van der Waals surface area (Å²) in [5.41, 5.74) is 3.35. The van der Waals surface area contributed by atoms with Crippen LogP contribution in [0.2, 0.25) is 0 Å². The molecule has 1 amide bonds. The van der Waals surface area contributed by atoms with Crippen LogP contribution >= 0.6 is 11.3 Å². The van der Waals surface area contributed by atoms with Crippen LogP contribution in [0.1, 0.15) is 34.8 Å². The number of halogens is 2. The summed E-state index contributed by atoms with van der Waals surface area (Å²) in [6.45, 7) is 4.33. The Morgan fingerprint density at radius 3 is 2.61 bits per heavy atom. The Morgan fingerprint density at radius 1 is 1.14 bits per heavy atom. The summed E-state index contributed by atoms with van der Waals surface area (Å²) in [6, 6.07) is 11.3. The van der Waals surface area contributed by atoms with Crippen LogP contribution in [0.15, 0.2) is 47.8 Å². The molecule has 1 heterocycles. The minimum Gasteiger partial charge on any atom is -0.326 e. The summed E-state index contributed by atoms with van der Waals surface area (Å²) in [7, 11) is 0. The van der Waals surface area contributed by atoms with Crippen LogP contribution in [-0.4, -0.2) is 10.9 Å². The van der Waals surface area contributed by atoms with Crippen molar-refractivity contribution in [1.29, 1.82) is 0 Å². The number of carbonyl (C=O) groups is 1. The molecule has 0 aliphatic carbocycles. The summed E-state index contributed by atoms with van der Waals surface area (Å²) >= 11 is 1.42. The third kappa shape index (κ3) is 5.43. The molecule has 146 valence electrons. The highest BCUT2D eigenvalue weighted by Gasteiger charge is 2.11. The number of nitrogens with one attached hydrogen (secondary N) is 2. The minimum atomic E-state index is -0.860. The molecule has 0 unspecified atom stereocenters. The lowest BCUT2D eigenvalue weighted by Crippen LogP contribution is -2.19. The molecule has 2 aromatic carbocycles. The summed E-state index contributed by atoms with van der Waals surface area (Å²) in [5, 5.41) is 8.69. The van der Waals surface area contributed by atoms with Gasteiger partial charge in [-0.15, -0.1) is 11.3 Å². The molecule has 0 bridgehead atoms. The first-order valence-electron chi connectivity index (χ1n) is 8.89. The fourth-order valence-electron chi connectivity index (χ4n) is 2.65. The van der Waals surface area contributed by atoms with Gasteiger partial charge in [0.05, 0.1) is 12.1 Å². The van der Waals surface area contributed by atoms with Crippen LogP contribution in [-0.2, 0) is 17.8 Å². The third-order valence-corrected chi connectivity index (χ3v) is 5.18.